The molecule has 0 spiro atoms. The number of fused-ring (bicyclic) bond motifs is 1. The predicted octanol–water partition coefficient (Wildman–Crippen LogP) is 2.76. The van der Waals surface area contributed by atoms with Crippen molar-refractivity contribution in [1.29, 1.82) is 0 Å². The number of carbonyl (C=O) groups is 2. The van der Waals surface area contributed by atoms with Gasteiger partial charge in [-0.15, -0.1) is 0 Å². The van der Waals surface area contributed by atoms with Gasteiger partial charge in [-0.25, -0.2) is 4.79 Å². The molecule has 0 aliphatic carbocycles. The van der Waals surface area contributed by atoms with Crippen LogP contribution in [0.15, 0.2) is 40.5 Å². The molecule has 0 N–H and O–H groups in total. The molecule has 1 aromatic heterocycles. The summed E-state index contributed by atoms with van der Waals surface area (Å²) in [4.78, 5) is 23.4. The van der Waals surface area contributed by atoms with E-state index in [0.717, 1.165) is 5.76 Å². The third-order valence-corrected chi connectivity index (χ3v) is 3.26. The Hall–Kier alpha value is -3.02. The normalized spacial score (nSPS) is 14.5. The number of hydrogen-bond donors (Lipinski definition) is 0. The second-order valence-corrected chi connectivity index (χ2v) is 4.91. The van der Waals surface area contributed by atoms with E-state index in [2.05, 4.69) is 4.74 Å². The van der Waals surface area contributed by atoms with Crippen LogP contribution >= 0.6 is 0 Å². The highest BCUT2D eigenvalue weighted by Crippen LogP contribution is 2.35. The van der Waals surface area contributed by atoms with Crippen LogP contribution in [-0.2, 0) is 9.53 Å². The maximum Gasteiger partial charge on any atom is 0.343 e. The first-order chi connectivity index (χ1) is 11.1. The molecule has 118 valence electrons. The molecule has 3 rings (SSSR count). The predicted molar refractivity (Wildman–Crippen MR) is 80.3 cm³/mol. The highest BCUT2D eigenvalue weighted by Gasteiger charge is 2.28. The largest absolute Gasteiger partial charge is 0.482 e. The molecule has 0 amide bonds. The highest BCUT2D eigenvalue weighted by atomic mass is 16.6. The molecule has 1 aliphatic rings. The summed E-state index contributed by atoms with van der Waals surface area (Å²) in [6.07, 6.45) is 1.55. The Morgan fingerprint density at radius 1 is 1.26 bits per heavy atom. The molecule has 0 atom stereocenters. The average Bonchev–Trinajstić information content (AvgIpc) is 3.09. The van der Waals surface area contributed by atoms with Crippen LogP contribution in [0, 0.1) is 6.92 Å². The molecule has 0 unspecified atom stereocenters. The lowest BCUT2D eigenvalue weighted by Gasteiger charge is -2.05. The molecule has 0 saturated heterocycles. The number of hydrogen-bond acceptors (Lipinski definition) is 6. The van der Waals surface area contributed by atoms with Gasteiger partial charge in [-0.1, -0.05) is 0 Å². The van der Waals surface area contributed by atoms with E-state index >= 15 is 0 Å². The molecule has 23 heavy (non-hydrogen) atoms. The van der Waals surface area contributed by atoms with E-state index in [-0.39, 0.29) is 18.1 Å². The summed E-state index contributed by atoms with van der Waals surface area (Å²) in [5, 5.41) is 0. The van der Waals surface area contributed by atoms with Crippen LogP contribution in [0.25, 0.3) is 6.08 Å². The zero-order valence-corrected chi connectivity index (χ0v) is 12.6. The van der Waals surface area contributed by atoms with Crippen LogP contribution in [0.2, 0.25) is 0 Å². The number of furan rings is 1. The minimum Gasteiger partial charge on any atom is -0.482 e. The Balaban J connectivity index is 1.79. The van der Waals surface area contributed by atoms with E-state index in [1.165, 1.54) is 7.11 Å². The molecule has 6 nitrogen and oxygen atoms in total. The van der Waals surface area contributed by atoms with Gasteiger partial charge >= 0.3 is 5.97 Å². The molecular weight excluding hydrogens is 300 g/mol. The van der Waals surface area contributed by atoms with Crippen molar-refractivity contribution in [1.82, 2.24) is 0 Å². The smallest absolute Gasteiger partial charge is 0.343 e. The van der Waals surface area contributed by atoms with Gasteiger partial charge in [-0.05, 0) is 31.2 Å². The molecule has 0 bridgehead atoms. The first kappa shape index (κ1) is 14.9. The number of methoxy groups -OCH3 is 1. The summed E-state index contributed by atoms with van der Waals surface area (Å²) < 4.78 is 20.7. The van der Waals surface area contributed by atoms with Crippen LogP contribution in [-0.4, -0.2) is 25.5 Å². The maximum atomic E-state index is 12.3. The summed E-state index contributed by atoms with van der Waals surface area (Å²) in [6, 6.07) is 8.32. The number of carbonyl (C=O) groups excluding carboxylic acids is 2. The number of Topliss-reactive ketones (excluding diaryl/α,β-unsaturated/α-hetero) is 1. The number of benzene rings is 1. The van der Waals surface area contributed by atoms with Gasteiger partial charge in [-0.3, -0.25) is 4.79 Å². The number of esters is 1. The van der Waals surface area contributed by atoms with Crippen LogP contribution in [0.3, 0.4) is 0 Å². The van der Waals surface area contributed by atoms with Crippen LogP contribution in [0.4, 0.5) is 0 Å². The van der Waals surface area contributed by atoms with E-state index in [4.69, 9.17) is 13.9 Å². The topological polar surface area (TPSA) is 75.0 Å². The Morgan fingerprint density at radius 3 is 2.78 bits per heavy atom. The third-order valence-electron chi connectivity index (χ3n) is 3.26. The van der Waals surface area contributed by atoms with E-state index in [1.807, 2.05) is 6.92 Å². The summed E-state index contributed by atoms with van der Waals surface area (Å²) in [5.74, 6) is 1.55. The fourth-order valence-electron chi connectivity index (χ4n) is 2.12. The van der Waals surface area contributed by atoms with Crippen molar-refractivity contribution in [3.8, 4) is 11.5 Å². The highest BCUT2D eigenvalue weighted by molar-refractivity contribution is 6.14. The summed E-state index contributed by atoms with van der Waals surface area (Å²) in [7, 11) is 1.28. The standard InChI is InChI=1S/C17H14O6/c1-10-3-4-12(22-10)8-15-17(19)13-6-5-11(7-14(13)23-15)21-9-16(18)20-2/h3-8H,9H2,1-2H3/b15-8+. The Labute approximate surface area is 132 Å². The van der Waals surface area contributed by atoms with Crippen molar-refractivity contribution in [3.05, 3.63) is 53.2 Å². The number of rotatable bonds is 4. The van der Waals surface area contributed by atoms with Gasteiger partial charge in [0.1, 0.15) is 23.0 Å². The van der Waals surface area contributed by atoms with Gasteiger partial charge in [0.15, 0.2) is 12.4 Å². The third kappa shape index (κ3) is 3.11. The number of ether oxygens (including phenoxy) is 3. The van der Waals surface area contributed by atoms with Crippen molar-refractivity contribution in [2.45, 2.75) is 6.92 Å². The second kappa shape index (κ2) is 6.00. The number of aryl methyl sites for hydroxylation is 1. The number of allylic oxidation sites excluding steroid dienone is 1. The van der Waals surface area contributed by atoms with Gasteiger partial charge in [0.25, 0.3) is 0 Å². The lowest BCUT2D eigenvalue weighted by Crippen LogP contribution is -2.12. The minimum absolute atomic E-state index is 0.180. The SMILES string of the molecule is COC(=O)COc1ccc2c(c1)O/C(=C/c1ccc(C)o1)C2=O. The zero-order valence-electron chi connectivity index (χ0n) is 12.6. The molecule has 2 aromatic rings. The summed E-state index contributed by atoms with van der Waals surface area (Å²) in [5.41, 5.74) is 0.435. The van der Waals surface area contributed by atoms with Crippen molar-refractivity contribution in [3.63, 3.8) is 0 Å². The maximum absolute atomic E-state index is 12.3. The molecule has 6 heteroatoms. The van der Waals surface area contributed by atoms with E-state index < -0.39 is 5.97 Å². The minimum atomic E-state index is -0.490. The zero-order chi connectivity index (χ0) is 16.4. The van der Waals surface area contributed by atoms with Crippen molar-refractivity contribution in [2.24, 2.45) is 0 Å². The molecule has 0 saturated carbocycles. The Kier molecular flexibility index (Phi) is 3.89. The molecule has 2 heterocycles. The van der Waals surface area contributed by atoms with Gasteiger partial charge < -0.3 is 18.6 Å². The molecule has 0 radical (unpaired) electrons. The fourth-order valence-corrected chi connectivity index (χ4v) is 2.12. The number of ketones is 1. The first-order valence-electron chi connectivity index (χ1n) is 6.91. The molecule has 0 fully saturated rings. The van der Waals surface area contributed by atoms with Gasteiger partial charge in [0.05, 0.1) is 12.7 Å². The van der Waals surface area contributed by atoms with Crippen LogP contribution in [0.5, 0.6) is 11.5 Å². The van der Waals surface area contributed by atoms with Crippen molar-refractivity contribution in [2.75, 3.05) is 13.7 Å². The van der Waals surface area contributed by atoms with Crippen LogP contribution < -0.4 is 9.47 Å². The summed E-state index contributed by atoms with van der Waals surface area (Å²) in [6.45, 7) is 1.61. The average molecular weight is 314 g/mol. The monoisotopic (exact) mass is 314 g/mol. The van der Waals surface area contributed by atoms with Crippen molar-refractivity contribution < 1.29 is 28.2 Å². The lowest BCUT2D eigenvalue weighted by atomic mass is 10.1. The van der Waals surface area contributed by atoms with Gasteiger partial charge in [0, 0.05) is 12.1 Å². The van der Waals surface area contributed by atoms with Crippen molar-refractivity contribution >= 4 is 17.8 Å². The Bertz CT molecular complexity index is 799. The van der Waals surface area contributed by atoms with Gasteiger partial charge in [0.2, 0.25) is 5.78 Å². The fraction of sp³-hybridized carbons (Fsp3) is 0.176. The summed E-state index contributed by atoms with van der Waals surface area (Å²) >= 11 is 0. The van der Waals surface area contributed by atoms with E-state index in [1.54, 1.807) is 36.4 Å². The Morgan fingerprint density at radius 2 is 2.09 bits per heavy atom. The van der Waals surface area contributed by atoms with E-state index in [0.29, 0.717) is 22.8 Å². The van der Waals surface area contributed by atoms with Gasteiger partial charge in [-0.2, -0.15) is 0 Å². The quantitative estimate of drug-likeness (QED) is 0.638. The lowest BCUT2D eigenvalue weighted by molar-refractivity contribution is -0.142. The molecule has 1 aromatic carbocycles. The molecular formula is C17H14O6. The van der Waals surface area contributed by atoms with Crippen LogP contribution in [0.1, 0.15) is 21.9 Å². The first-order valence-corrected chi connectivity index (χ1v) is 6.91. The van der Waals surface area contributed by atoms with E-state index in [9.17, 15) is 9.59 Å². The second-order valence-electron chi connectivity index (χ2n) is 4.91. The molecule has 1 aliphatic heterocycles.